The molecule has 1 N–H and O–H groups in total. The Labute approximate surface area is 477 Å². The Kier molecular flexibility index (Phi) is 17.4. The Morgan fingerprint density at radius 1 is 0.646 bits per heavy atom. The predicted octanol–water partition coefficient (Wildman–Crippen LogP) is 9.00. The highest BCUT2D eigenvalue weighted by Crippen LogP contribution is 2.41. The molecule has 3 amide bonds. The largest absolute Gasteiger partial charge is 0.373 e. The second kappa shape index (κ2) is 24.8. The van der Waals surface area contributed by atoms with Gasteiger partial charge in [0, 0.05) is 150 Å². The number of nitrogens with one attached hydrogen (secondary N) is 1. The van der Waals surface area contributed by atoms with Gasteiger partial charge >= 0.3 is 19.3 Å². The summed E-state index contributed by atoms with van der Waals surface area (Å²) in [5.74, 6) is 0.522. The summed E-state index contributed by atoms with van der Waals surface area (Å²) in [5, 5.41) is 12.4. The molecule has 6 aromatic rings. The van der Waals surface area contributed by atoms with E-state index in [2.05, 4.69) is 91.4 Å². The van der Waals surface area contributed by atoms with Crippen LogP contribution in [0.2, 0.25) is 0 Å². The van der Waals surface area contributed by atoms with Gasteiger partial charge in [-0.05, 0) is 127 Å². The third kappa shape index (κ3) is 12.6. The number of hydrogen-bond donors (Lipinski definition) is 1. The van der Waals surface area contributed by atoms with Gasteiger partial charge in [0.2, 0.25) is 5.91 Å². The van der Waals surface area contributed by atoms with Crippen molar-refractivity contribution >= 4 is 34.3 Å². The number of alkyl halides is 4. The molecular formula is C61H78F4N12O5. The smallest absolute Gasteiger partial charge is 0.345 e. The van der Waals surface area contributed by atoms with Gasteiger partial charge in [-0.3, -0.25) is 14.7 Å². The minimum absolute atomic E-state index is 0.0234. The zero-order chi connectivity index (χ0) is 57.1. The second-order valence-corrected chi connectivity index (χ2v) is 23.5. The fraction of sp³-hybridized carbons (Fsp3) is 0.557. The van der Waals surface area contributed by atoms with Crippen molar-refractivity contribution in [1.82, 2.24) is 49.1 Å². The molecule has 21 heteroatoms. The summed E-state index contributed by atoms with van der Waals surface area (Å²) in [6.45, 7) is 8.49. The third-order valence-electron chi connectivity index (χ3n) is 18.4. The van der Waals surface area contributed by atoms with E-state index in [0.29, 0.717) is 76.9 Å². The predicted molar refractivity (Wildman–Crippen MR) is 306 cm³/mol. The quantitative estimate of drug-likeness (QED) is 0.0730. The van der Waals surface area contributed by atoms with Crippen LogP contribution in [-0.4, -0.2) is 186 Å². The van der Waals surface area contributed by atoms with E-state index in [0.717, 1.165) is 121 Å². The molecule has 2 atom stereocenters. The number of nitrogens with zero attached hydrogens (tertiary/aromatic N) is 11. The van der Waals surface area contributed by atoms with Crippen LogP contribution in [0.15, 0.2) is 91.6 Å². The maximum absolute atomic E-state index is 13.7. The Balaban J connectivity index is 0.663. The first kappa shape index (κ1) is 57.4. The minimum atomic E-state index is -2.89. The van der Waals surface area contributed by atoms with Crippen LogP contribution in [0.4, 0.5) is 33.7 Å². The number of aromatic nitrogens is 5. The molecule has 4 saturated heterocycles. The normalized spacial score (nSPS) is 19.9. The Morgan fingerprint density at radius 2 is 1.22 bits per heavy atom. The molecule has 4 aliphatic heterocycles. The number of pyridine rings is 1. The van der Waals surface area contributed by atoms with Gasteiger partial charge in [0.15, 0.2) is 0 Å². The summed E-state index contributed by atoms with van der Waals surface area (Å²) >= 11 is 0. The molecule has 0 bridgehead atoms. The number of carbonyl (C=O) groups is 2. The third-order valence-corrected chi connectivity index (χ3v) is 18.4. The lowest BCUT2D eigenvalue weighted by Crippen LogP contribution is -2.53. The molecule has 1 aliphatic carbocycles. The van der Waals surface area contributed by atoms with E-state index in [1.54, 1.807) is 13.3 Å². The monoisotopic (exact) mass is 1130 g/mol. The average Bonchev–Trinajstić information content (AvgIpc) is 4.31. The first-order valence-corrected chi connectivity index (χ1v) is 29.4. The van der Waals surface area contributed by atoms with Gasteiger partial charge in [-0.25, -0.2) is 13.8 Å². The van der Waals surface area contributed by atoms with Crippen LogP contribution in [0.5, 0.6) is 0 Å². The van der Waals surface area contributed by atoms with Crippen molar-refractivity contribution in [1.29, 1.82) is 0 Å². The van der Waals surface area contributed by atoms with Crippen LogP contribution in [0.1, 0.15) is 83.3 Å². The minimum Gasteiger partial charge on any atom is -0.373 e. The lowest BCUT2D eigenvalue weighted by Gasteiger charge is -2.44. The van der Waals surface area contributed by atoms with Crippen molar-refractivity contribution in [2.75, 3.05) is 109 Å². The molecule has 82 heavy (non-hydrogen) atoms. The highest BCUT2D eigenvalue weighted by molar-refractivity contribution is 5.83. The maximum atomic E-state index is 13.7. The SMILES string of the molecule is COC1(c2ccc(-c3cc4c(N5CCN(C(=O)C6CC6)CC5)ccnn4c3)nc2)CCN([C@@H](CCC(C)NC(=O)N2CCN(c3ccnn4cc(-c5ccc(C6(COC(F)F)CCN(C(C)C)CC6)cc5)cc34)CC2)COC(F)F)CC1. The first-order chi connectivity index (χ1) is 39.7. The zero-order valence-corrected chi connectivity index (χ0v) is 47.7. The molecule has 1 unspecified atom stereocenters. The maximum Gasteiger partial charge on any atom is 0.345 e. The van der Waals surface area contributed by atoms with Crippen molar-refractivity contribution in [3.63, 3.8) is 0 Å². The van der Waals surface area contributed by atoms with Crippen LogP contribution in [0.25, 0.3) is 33.4 Å². The molecule has 0 radical (unpaired) electrons. The number of likely N-dealkylation sites (tertiary alicyclic amines) is 2. The lowest BCUT2D eigenvalue weighted by atomic mass is 9.73. The average molecular weight is 1140 g/mol. The molecule has 5 aliphatic rings. The number of carbonyl (C=O) groups excluding carboxylic acids is 2. The summed E-state index contributed by atoms with van der Waals surface area (Å²) in [7, 11) is 1.72. The van der Waals surface area contributed by atoms with Crippen molar-refractivity contribution in [2.45, 2.75) is 115 Å². The highest BCUT2D eigenvalue weighted by atomic mass is 19.3. The number of urea groups is 1. The van der Waals surface area contributed by atoms with Gasteiger partial charge in [-0.1, -0.05) is 30.3 Å². The molecule has 9 heterocycles. The van der Waals surface area contributed by atoms with Gasteiger partial charge in [0.1, 0.15) is 0 Å². The van der Waals surface area contributed by atoms with E-state index in [4.69, 9.17) is 19.2 Å². The Morgan fingerprint density at radius 3 is 1.78 bits per heavy atom. The number of ether oxygens (including phenoxy) is 3. The van der Waals surface area contributed by atoms with Gasteiger partial charge < -0.3 is 44.0 Å². The number of fused-ring (bicyclic) bond motifs is 2. The van der Waals surface area contributed by atoms with Crippen molar-refractivity contribution in [2.24, 2.45) is 5.92 Å². The Hall–Kier alpha value is -6.39. The van der Waals surface area contributed by atoms with Gasteiger partial charge in [-0.15, -0.1) is 0 Å². The van der Waals surface area contributed by atoms with E-state index < -0.39 is 24.2 Å². The lowest BCUT2D eigenvalue weighted by molar-refractivity contribution is -0.147. The molecule has 1 saturated carbocycles. The van der Waals surface area contributed by atoms with E-state index >= 15 is 0 Å². The van der Waals surface area contributed by atoms with E-state index in [1.807, 2.05) is 68.7 Å². The number of hydrogen-bond acceptors (Lipinski definition) is 12. The number of piperazine rings is 2. The fourth-order valence-electron chi connectivity index (χ4n) is 13.0. The molecule has 440 valence electrons. The molecular weight excluding hydrogens is 1060 g/mol. The number of piperidine rings is 2. The van der Waals surface area contributed by atoms with Crippen molar-refractivity contribution in [3.05, 3.63) is 103 Å². The van der Waals surface area contributed by atoms with Crippen molar-refractivity contribution in [3.8, 4) is 22.4 Å². The summed E-state index contributed by atoms with van der Waals surface area (Å²) in [4.78, 5) is 44.3. The van der Waals surface area contributed by atoms with Crippen LogP contribution in [-0.2, 0) is 30.0 Å². The molecule has 5 fully saturated rings. The van der Waals surface area contributed by atoms with Gasteiger partial charge in [-0.2, -0.15) is 27.8 Å². The fourth-order valence-corrected chi connectivity index (χ4v) is 13.0. The van der Waals surface area contributed by atoms with Crippen LogP contribution in [0.3, 0.4) is 0 Å². The topological polar surface area (TPSA) is 141 Å². The van der Waals surface area contributed by atoms with Crippen LogP contribution >= 0.6 is 0 Å². The number of methoxy groups -OCH3 is 1. The first-order valence-electron chi connectivity index (χ1n) is 29.4. The van der Waals surface area contributed by atoms with Gasteiger partial charge in [0.05, 0.1) is 46.9 Å². The number of halogens is 4. The molecule has 0 spiro atoms. The molecule has 1 aromatic carbocycles. The van der Waals surface area contributed by atoms with E-state index in [1.165, 1.54) is 0 Å². The number of benzene rings is 1. The van der Waals surface area contributed by atoms with E-state index in [-0.39, 0.29) is 37.2 Å². The number of amides is 3. The second-order valence-electron chi connectivity index (χ2n) is 23.5. The van der Waals surface area contributed by atoms with E-state index in [9.17, 15) is 27.2 Å². The number of rotatable bonds is 20. The van der Waals surface area contributed by atoms with Crippen LogP contribution < -0.4 is 15.1 Å². The zero-order valence-electron chi connectivity index (χ0n) is 47.7. The summed E-state index contributed by atoms with van der Waals surface area (Å²) < 4.78 is 73.7. The summed E-state index contributed by atoms with van der Waals surface area (Å²) in [6, 6.07) is 20.3. The molecule has 11 rings (SSSR count). The highest BCUT2D eigenvalue weighted by Gasteiger charge is 2.41. The Bertz CT molecular complexity index is 3110. The molecule has 5 aromatic heterocycles. The summed E-state index contributed by atoms with van der Waals surface area (Å²) in [5.41, 5.74) is 8.61. The summed E-state index contributed by atoms with van der Waals surface area (Å²) in [6.07, 6.45) is 15.4. The number of anilines is 2. The van der Waals surface area contributed by atoms with Crippen molar-refractivity contribution < 1.29 is 41.4 Å². The molecule has 17 nitrogen and oxygen atoms in total. The van der Waals surface area contributed by atoms with Crippen LogP contribution in [0, 0.1) is 5.92 Å². The standard InChI is InChI=1S/C61H78F4N12O5/c1-42(2)70-23-17-60(18-24-70,41-82-58(64)65)48-10-8-44(9-11-48)46-35-54-52(15-21-67-76(54)38-46)73-29-33-75(34-30-73)59(79)69-43(3)5-13-50(40-81-57(62)63)71-25-19-61(80-4,20-26-71)49-12-14-51(66-37-49)47-36-55-53(16-22-68-77(55)39-47)72-27-31-74(32-28-72)56(78)45-6-7-45/h8-12,14-16,21-22,35-39,42-43,45,50,57-58H,5-7,13,17-20,23-34,40-41H2,1-4H3,(H,69,79)/t43?,50-/m0/s1. The van der Waals surface area contributed by atoms with Gasteiger partial charge in [0.25, 0.3) is 0 Å².